The maximum absolute atomic E-state index is 12.4. The van der Waals surface area contributed by atoms with E-state index >= 15 is 0 Å². The first-order valence-electron chi connectivity index (χ1n) is 6.83. The number of nitrogens with zero attached hydrogens (tertiary/aromatic N) is 3. The number of aromatic amines is 1. The van der Waals surface area contributed by atoms with Gasteiger partial charge in [-0.3, -0.25) is 4.79 Å². The summed E-state index contributed by atoms with van der Waals surface area (Å²) < 4.78 is 1.88. The molecule has 0 saturated carbocycles. The van der Waals surface area contributed by atoms with E-state index in [1.807, 2.05) is 29.9 Å². The zero-order valence-corrected chi connectivity index (χ0v) is 11.9. The topological polar surface area (TPSA) is 89.6 Å². The molecule has 0 atom stereocenters. The molecule has 4 rings (SSSR count). The Kier molecular flexibility index (Phi) is 2.53. The van der Waals surface area contributed by atoms with Crippen LogP contribution < -0.4 is 11.3 Å². The van der Waals surface area contributed by atoms with Crippen LogP contribution in [0, 0.1) is 0 Å². The highest BCUT2D eigenvalue weighted by molar-refractivity contribution is 5.93. The molecule has 0 spiro atoms. The minimum Gasteiger partial charge on any atom is -0.399 e. The van der Waals surface area contributed by atoms with Crippen LogP contribution in [0.5, 0.6) is 0 Å². The second kappa shape index (κ2) is 4.42. The van der Waals surface area contributed by atoms with Crippen molar-refractivity contribution in [2.75, 3.05) is 5.73 Å². The lowest BCUT2D eigenvalue weighted by molar-refractivity contribution is 0.948. The summed E-state index contributed by atoms with van der Waals surface area (Å²) in [4.78, 5) is 24.1. The lowest BCUT2D eigenvalue weighted by Gasteiger charge is -2.02. The summed E-state index contributed by atoms with van der Waals surface area (Å²) in [7, 11) is 1.89. The molecule has 3 N–H and O–H groups in total. The summed E-state index contributed by atoms with van der Waals surface area (Å²) in [5.41, 5.74) is 9.45. The Balaban J connectivity index is 2.08. The van der Waals surface area contributed by atoms with Crippen LogP contribution in [0.4, 0.5) is 5.69 Å². The van der Waals surface area contributed by atoms with Gasteiger partial charge < -0.3 is 15.3 Å². The normalized spacial score (nSPS) is 11.3. The minimum absolute atomic E-state index is 0.228. The van der Waals surface area contributed by atoms with Gasteiger partial charge in [0.2, 0.25) is 0 Å². The summed E-state index contributed by atoms with van der Waals surface area (Å²) in [5.74, 6) is 0. The highest BCUT2D eigenvalue weighted by atomic mass is 16.1. The molecule has 22 heavy (non-hydrogen) atoms. The lowest BCUT2D eigenvalue weighted by Crippen LogP contribution is -2.11. The number of hydrogen-bond donors (Lipinski definition) is 2. The van der Waals surface area contributed by atoms with Crippen LogP contribution >= 0.6 is 0 Å². The third-order valence-electron chi connectivity index (χ3n) is 3.71. The quantitative estimate of drug-likeness (QED) is 0.525. The Morgan fingerprint density at radius 3 is 3.00 bits per heavy atom. The molecule has 0 radical (unpaired) electrons. The molecule has 6 nitrogen and oxygen atoms in total. The average Bonchev–Trinajstić information content (AvgIpc) is 2.85. The van der Waals surface area contributed by atoms with E-state index in [1.165, 1.54) is 0 Å². The first-order chi connectivity index (χ1) is 10.6. The molecule has 0 saturated heterocycles. The SMILES string of the molecule is Cn1cc(-c2nc3cc(N)ccc3[nH]c2=O)c2cccnc21. The summed E-state index contributed by atoms with van der Waals surface area (Å²) in [6, 6.07) is 9.02. The number of pyridine rings is 1. The van der Waals surface area contributed by atoms with Crippen molar-refractivity contribution in [3.63, 3.8) is 0 Å². The molecular formula is C16H13N5O. The summed E-state index contributed by atoms with van der Waals surface area (Å²) >= 11 is 0. The molecule has 0 aliphatic carbocycles. The predicted octanol–water partition coefficient (Wildman–Crippen LogP) is 2.06. The first-order valence-corrected chi connectivity index (χ1v) is 6.83. The highest BCUT2D eigenvalue weighted by Crippen LogP contribution is 2.26. The summed E-state index contributed by atoms with van der Waals surface area (Å²) in [6.45, 7) is 0. The van der Waals surface area contributed by atoms with Crippen LogP contribution in [0.3, 0.4) is 0 Å². The largest absolute Gasteiger partial charge is 0.399 e. The Morgan fingerprint density at radius 1 is 1.27 bits per heavy atom. The van der Waals surface area contributed by atoms with Crippen molar-refractivity contribution >= 4 is 27.8 Å². The van der Waals surface area contributed by atoms with Crippen LogP contribution in [-0.2, 0) is 7.05 Å². The van der Waals surface area contributed by atoms with E-state index in [4.69, 9.17) is 5.73 Å². The fraction of sp³-hybridized carbons (Fsp3) is 0.0625. The van der Waals surface area contributed by atoms with E-state index in [-0.39, 0.29) is 5.56 Å². The number of nitrogens with two attached hydrogens (primary N) is 1. The maximum atomic E-state index is 12.4. The number of nitrogen functional groups attached to an aromatic ring is 1. The molecule has 0 unspecified atom stereocenters. The number of hydrogen-bond acceptors (Lipinski definition) is 4. The van der Waals surface area contributed by atoms with Gasteiger partial charge in [0, 0.05) is 36.1 Å². The smallest absolute Gasteiger partial charge is 0.275 e. The van der Waals surface area contributed by atoms with Crippen LogP contribution in [0.25, 0.3) is 33.3 Å². The van der Waals surface area contributed by atoms with Crippen molar-refractivity contribution in [2.24, 2.45) is 7.05 Å². The molecular weight excluding hydrogens is 278 g/mol. The van der Waals surface area contributed by atoms with E-state index < -0.39 is 0 Å². The maximum Gasteiger partial charge on any atom is 0.275 e. The van der Waals surface area contributed by atoms with Gasteiger partial charge in [0.25, 0.3) is 5.56 Å². The van der Waals surface area contributed by atoms with Gasteiger partial charge in [0.15, 0.2) is 0 Å². The standard InChI is InChI=1S/C16H13N5O/c1-21-8-11(10-3-2-6-18-15(10)21)14-16(22)20-12-5-4-9(17)7-13(12)19-14/h2-8H,17H2,1H3,(H,20,22). The van der Waals surface area contributed by atoms with Crippen molar-refractivity contribution in [1.82, 2.24) is 19.5 Å². The highest BCUT2D eigenvalue weighted by Gasteiger charge is 2.14. The number of aryl methyl sites for hydroxylation is 1. The molecule has 108 valence electrons. The van der Waals surface area contributed by atoms with Crippen molar-refractivity contribution in [3.8, 4) is 11.3 Å². The van der Waals surface area contributed by atoms with E-state index in [0.29, 0.717) is 22.4 Å². The van der Waals surface area contributed by atoms with Crippen molar-refractivity contribution < 1.29 is 0 Å². The lowest BCUT2D eigenvalue weighted by atomic mass is 10.1. The number of nitrogens with one attached hydrogen (secondary N) is 1. The average molecular weight is 291 g/mol. The van der Waals surface area contributed by atoms with Crippen LogP contribution in [0.1, 0.15) is 0 Å². The third-order valence-corrected chi connectivity index (χ3v) is 3.71. The molecule has 6 heteroatoms. The van der Waals surface area contributed by atoms with Crippen LogP contribution in [-0.4, -0.2) is 19.5 Å². The van der Waals surface area contributed by atoms with Gasteiger partial charge in [0.05, 0.1) is 11.0 Å². The van der Waals surface area contributed by atoms with Crippen LogP contribution in [0.15, 0.2) is 47.5 Å². The molecule has 3 aromatic heterocycles. The zero-order chi connectivity index (χ0) is 15.3. The van der Waals surface area contributed by atoms with Gasteiger partial charge in [-0.1, -0.05) is 0 Å². The van der Waals surface area contributed by atoms with Gasteiger partial charge in [-0.05, 0) is 30.3 Å². The molecule has 4 aromatic rings. The fourth-order valence-corrected chi connectivity index (χ4v) is 2.68. The predicted molar refractivity (Wildman–Crippen MR) is 86.5 cm³/mol. The van der Waals surface area contributed by atoms with Crippen molar-refractivity contribution in [2.45, 2.75) is 0 Å². The Bertz CT molecular complexity index is 1080. The minimum atomic E-state index is -0.228. The monoisotopic (exact) mass is 291 g/mol. The molecule has 0 aliphatic rings. The van der Waals surface area contributed by atoms with Gasteiger partial charge in [-0.15, -0.1) is 0 Å². The molecule has 0 bridgehead atoms. The van der Waals surface area contributed by atoms with E-state index in [9.17, 15) is 4.79 Å². The van der Waals surface area contributed by atoms with Gasteiger partial charge in [-0.25, -0.2) is 9.97 Å². The second-order valence-electron chi connectivity index (χ2n) is 5.22. The van der Waals surface area contributed by atoms with E-state index in [2.05, 4.69) is 15.0 Å². The van der Waals surface area contributed by atoms with Gasteiger partial charge in [-0.2, -0.15) is 0 Å². The zero-order valence-electron chi connectivity index (χ0n) is 11.9. The number of benzene rings is 1. The summed E-state index contributed by atoms with van der Waals surface area (Å²) in [6.07, 6.45) is 3.60. The number of aromatic nitrogens is 4. The molecule has 1 aromatic carbocycles. The Labute approximate surface area is 125 Å². The number of rotatable bonds is 1. The fourth-order valence-electron chi connectivity index (χ4n) is 2.68. The second-order valence-corrected chi connectivity index (χ2v) is 5.22. The van der Waals surface area contributed by atoms with E-state index in [0.717, 1.165) is 16.6 Å². The van der Waals surface area contributed by atoms with Gasteiger partial charge in [0.1, 0.15) is 11.3 Å². The van der Waals surface area contributed by atoms with Crippen molar-refractivity contribution in [1.29, 1.82) is 0 Å². The number of H-pyrrole nitrogens is 1. The molecule has 0 aliphatic heterocycles. The third kappa shape index (κ3) is 1.77. The van der Waals surface area contributed by atoms with Crippen molar-refractivity contribution in [3.05, 3.63) is 53.1 Å². The van der Waals surface area contributed by atoms with Gasteiger partial charge >= 0.3 is 0 Å². The van der Waals surface area contributed by atoms with Crippen LogP contribution in [0.2, 0.25) is 0 Å². The number of fused-ring (bicyclic) bond motifs is 2. The molecule has 0 fully saturated rings. The molecule has 3 heterocycles. The Morgan fingerprint density at radius 2 is 2.14 bits per heavy atom. The van der Waals surface area contributed by atoms with E-state index in [1.54, 1.807) is 24.4 Å². The summed E-state index contributed by atoms with van der Waals surface area (Å²) in [5, 5.41) is 0.895. The number of anilines is 1. The first kappa shape index (κ1) is 12.6. The molecule has 0 amide bonds. The Hall–Kier alpha value is -3.15.